The van der Waals surface area contributed by atoms with Crippen LogP contribution in [0.1, 0.15) is 26.2 Å². The summed E-state index contributed by atoms with van der Waals surface area (Å²) in [6.07, 6.45) is 0.888. The van der Waals surface area contributed by atoms with Crippen molar-refractivity contribution in [3.63, 3.8) is 0 Å². The monoisotopic (exact) mass is 321 g/mol. The Morgan fingerprint density at radius 1 is 1.24 bits per heavy atom. The highest BCUT2D eigenvalue weighted by Gasteiger charge is 2.16. The van der Waals surface area contributed by atoms with E-state index in [-0.39, 0.29) is 18.9 Å². The smallest absolute Gasteiger partial charge is 0.303 e. The molecule has 1 unspecified atom stereocenters. The highest BCUT2D eigenvalue weighted by atomic mass is 32.2. The van der Waals surface area contributed by atoms with E-state index in [0.29, 0.717) is 18.9 Å². The molecule has 1 rings (SSSR count). The average molecular weight is 321 g/mol. The molecule has 0 fully saturated rings. The van der Waals surface area contributed by atoms with Gasteiger partial charge in [-0.1, -0.05) is 6.92 Å². The molecule has 0 bridgehead atoms. The van der Waals surface area contributed by atoms with Crippen LogP contribution in [0.15, 0.2) is 23.1 Å². The fraction of sp³-hybridized carbons (Fsp3) is 0.462. The molecule has 0 saturated heterocycles. The van der Waals surface area contributed by atoms with E-state index in [9.17, 15) is 22.0 Å². The molecule has 0 aliphatic carbocycles. The number of carboxylic acid groups (broad SMARTS) is 1. The number of hydrogen-bond acceptors (Lipinski definition) is 3. The number of carbonyl (C=O) groups is 1. The topological polar surface area (TPSA) is 83.5 Å². The molecule has 1 aromatic carbocycles. The van der Waals surface area contributed by atoms with Crippen LogP contribution in [-0.2, 0) is 14.8 Å². The molecule has 0 aliphatic heterocycles. The summed E-state index contributed by atoms with van der Waals surface area (Å²) in [6.45, 7) is 1.88. The fourth-order valence-corrected chi connectivity index (χ4v) is 2.81. The number of hydrogen-bond donors (Lipinski definition) is 2. The molecule has 0 heterocycles. The van der Waals surface area contributed by atoms with Gasteiger partial charge in [-0.15, -0.1) is 0 Å². The summed E-state index contributed by atoms with van der Waals surface area (Å²) in [4.78, 5) is 9.93. The highest BCUT2D eigenvalue weighted by molar-refractivity contribution is 7.89. The summed E-state index contributed by atoms with van der Waals surface area (Å²) in [5.74, 6) is -2.82. The second-order valence-corrected chi connectivity index (χ2v) is 6.60. The Bertz CT molecular complexity index is 584. The fourth-order valence-electron chi connectivity index (χ4n) is 1.72. The molecule has 0 spiro atoms. The first-order chi connectivity index (χ1) is 9.70. The van der Waals surface area contributed by atoms with Gasteiger partial charge in [-0.2, -0.15) is 0 Å². The Morgan fingerprint density at radius 2 is 1.81 bits per heavy atom. The van der Waals surface area contributed by atoms with Crippen LogP contribution in [0, 0.1) is 17.6 Å². The summed E-state index contributed by atoms with van der Waals surface area (Å²) in [5.41, 5.74) is 0. The number of nitrogens with one attached hydrogen (secondary N) is 1. The van der Waals surface area contributed by atoms with Gasteiger partial charge in [0.25, 0.3) is 0 Å². The molecule has 0 saturated carbocycles. The van der Waals surface area contributed by atoms with Crippen molar-refractivity contribution < 1.29 is 27.1 Å². The SMILES string of the molecule is CC(CCNS(=O)(=O)c1cc(F)cc(F)c1)CCC(=O)O. The van der Waals surface area contributed by atoms with E-state index in [0.717, 1.165) is 12.1 Å². The molecule has 8 heteroatoms. The van der Waals surface area contributed by atoms with Gasteiger partial charge in [0.2, 0.25) is 10.0 Å². The van der Waals surface area contributed by atoms with Gasteiger partial charge in [0, 0.05) is 19.0 Å². The maximum Gasteiger partial charge on any atom is 0.303 e. The van der Waals surface area contributed by atoms with Crippen LogP contribution in [0.25, 0.3) is 0 Å². The molecule has 0 aliphatic rings. The minimum Gasteiger partial charge on any atom is -0.481 e. The van der Waals surface area contributed by atoms with E-state index in [2.05, 4.69) is 4.72 Å². The van der Waals surface area contributed by atoms with Crippen molar-refractivity contribution in [2.75, 3.05) is 6.54 Å². The molecule has 0 radical (unpaired) electrons. The largest absolute Gasteiger partial charge is 0.481 e. The van der Waals surface area contributed by atoms with E-state index in [1.165, 1.54) is 0 Å². The molecule has 1 aromatic rings. The highest BCUT2D eigenvalue weighted by Crippen LogP contribution is 2.14. The van der Waals surface area contributed by atoms with E-state index in [1.54, 1.807) is 6.92 Å². The minimum atomic E-state index is -3.98. The van der Waals surface area contributed by atoms with Crippen LogP contribution in [0.2, 0.25) is 0 Å². The van der Waals surface area contributed by atoms with Crippen molar-refractivity contribution in [3.05, 3.63) is 29.8 Å². The zero-order valence-corrected chi connectivity index (χ0v) is 12.3. The first kappa shape index (κ1) is 17.5. The van der Waals surface area contributed by atoms with Gasteiger partial charge in [-0.3, -0.25) is 4.79 Å². The summed E-state index contributed by atoms with van der Waals surface area (Å²) in [5, 5.41) is 8.54. The van der Waals surface area contributed by atoms with Crippen molar-refractivity contribution in [2.24, 2.45) is 5.92 Å². The maximum absolute atomic E-state index is 13.0. The standard InChI is InChI=1S/C13H17F2NO4S/c1-9(2-3-13(17)18)4-5-16-21(19,20)12-7-10(14)6-11(15)8-12/h6-9,16H,2-5H2,1H3,(H,17,18). The van der Waals surface area contributed by atoms with Crippen LogP contribution < -0.4 is 4.72 Å². The lowest BCUT2D eigenvalue weighted by Crippen LogP contribution is -2.26. The molecule has 2 N–H and O–H groups in total. The third kappa shape index (κ3) is 6.17. The van der Waals surface area contributed by atoms with E-state index in [4.69, 9.17) is 5.11 Å². The Labute approximate surface area is 122 Å². The minimum absolute atomic E-state index is 0.0169. The van der Waals surface area contributed by atoms with E-state index < -0.39 is 32.5 Å². The second-order valence-electron chi connectivity index (χ2n) is 4.83. The van der Waals surface area contributed by atoms with Crippen LogP contribution >= 0.6 is 0 Å². The average Bonchev–Trinajstić information content (AvgIpc) is 2.35. The number of sulfonamides is 1. The maximum atomic E-state index is 13.0. The van der Waals surface area contributed by atoms with Gasteiger partial charge >= 0.3 is 5.97 Å². The number of halogens is 2. The van der Waals surface area contributed by atoms with Gasteiger partial charge in [-0.05, 0) is 30.9 Å². The van der Waals surface area contributed by atoms with Gasteiger partial charge in [0.1, 0.15) is 11.6 Å². The van der Waals surface area contributed by atoms with Gasteiger partial charge in [-0.25, -0.2) is 21.9 Å². The van der Waals surface area contributed by atoms with Crippen LogP contribution in [-0.4, -0.2) is 26.0 Å². The first-order valence-corrected chi connectivity index (χ1v) is 7.86. The summed E-state index contributed by atoms with van der Waals surface area (Å²) in [6, 6.07) is 2.06. The lowest BCUT2D eigenvalue weighted by molar-refractivity contribution is -0.137. The van der Waals surface area contributed by atoms with Gasteiger partial charge in [0.15, 0.2) is 0 Å². The Balaban J connectivity index is 2.55. The van der Waals surface area contributed by atoms with E-state index >= 15 is 0 Å². The third-order valence-corrected chi connectivity index (χ3v) is 4.37. The Kier molecular flexibility index (Phi) is 6.22. The molecular formula is C13H17F2NO4S. The molecule has 118 valence electrons. The predicted molar refractivity (Wildman–Crippen MR) is 72.2 cm³/mol. The Morgan fingerprint density at radius 3 is 2.33 bits per heavy atom. The van der Waals surface area contributed by atoms with Crippen molar-refractivity contribution in [3.8, 4) is 0 Å². The summed E-state index contributed by atoms with van der Waals surface area (Å²) in [7, 11) is -3.98. The van der Waals surface area contributed by atoms with Crippen LogP contribution in [0.5, 0.6) is 0 Å². The van der Waals surface area contributed by atoms with Crippen molar-refractivity contribution in [1.29, 1.82) is 0 Å². The number of aliphatic carboxylic acids is 1. The zero-order chi connectivity index (χ0) is 16.0. The quantitative estimate of drug-likeness (QED) is 0.768. The van der Waals surface area contributed by atoms with Crippen molar-refractivity contribution in [2.45, 2.75) is 31.1 Å². The van der Waals surface area contributed by atoms with E-state index in [1.807, 2.05) is 0 Å². The number of carboxylic acids is 1. The molecule has 0 aromatic heterocycles. The third-order valence-electron chi connectivity index (χ3n) is 2.93. The lowest BCUT2D eigenvalue weighted by Gasteiger charge is -2.11. The number of benzene rings is 1. The predicted octanol–water partition coefficient (Wildman–Crippen LogP) is 2.13. The van der Waals surface area contributed by atoms with Crippen LogP contribution in [0.3, 0.4) is 0 Å². The second kappa shape index (κ2) is 7.46. The van der Waals surface area contributed by atoms with Crippen LogP contribution in [0.4, 0.5) is 8.78 Å². The normalized spacial score (nSPS) is 13.1. The molecule has 5 nitrogen and oxygen atoms in total. The summed E-state index contributed by atoms with van der Waals surface area (Å²) >= 11 is 0. The van der Waals surface area contributed by atoms with Crippen molar-refractivity contribution in [1.82, 2.24) is 4.72 Å². The lowest BCUT2D eigenvalue weighted by atomic mass is 10.0. The molecule has 0 amide bonds. The molecular weight excluding hydrogens is 304 g/mol. The van der Waals surface area contributed by atoms with Gasteiger partial charge < -0.3 is 5.11 Å². The number of rotatable bonds is 8. The van der Waals surface area contributed by atoms with Gasteiger partial charge in [0.05, 0.1) is 4.90 Å². The summed E-state index contributed by atoms with van der Waals surface area (Å²) < 4.78 is 51.9. The Hall–Kier alpha value is -1.54. The first-order valence-electron chi connectivity index (χ1n) is 6.38. The molecule has 1 atom stereocenters. The molecule has 21 heavy (non-hydrogen) atoms. The van der Waals surface area contributed by atoms with Crippen molar-refractivity contribution >= 4 is 16.0 Å². The zero-order valence-electron chi connectivity index (χ0n) is 11.5.